The molecule has 0 saturated heterocycles. The molecule has 0 spiro atoms. The molecule has 0 saturated carbocycles. The van der Waals surface area contributed by atoms with E-state index in [-0.39, 0.29) is 18.1 Å². The molecule has 1 unspecified atom stereocenters. The number of rotatable bonds is 9. The molecule has 9 heteroatoms. The Morgan fingerprint density at radius 1 is 1.31 bits per heavy atom. The predicted molar refractivity (Wildman–Crippen MR) is 123 cm³/mol. The predicted octanol–water partition coefficient (Wildman–Crippen LogP) is 3.51. The van der Waals surface area contributed by atoms with Crippen LogP contribution in [0.4, 0.5) is 4.39 Å². The summed E-state index contributed by atoms with van der Waals surface area (Å²) in [4.78, 5) is 25.0. The summed E-state index contributed by atoms with van der Waals surface area (Å²) in [5, 5.41) is 6.50. The largest absolute Gasteiger partial charge is 0.493 e. The van der Waals surface area contributed by atoms with Crippen molar-refractivity contribution in [1.82, 2.24) is 10.7 Å². The van der Waals surface area contributed by atoms with E-state index in [0.717, 1.165) is 0 Å². The number of methoxy groups -OCH3 is 1. The average Bonchev–Trinajstić information content (AvgIpc) is 2.76. The second-order valence-corrected chi connectivity index (χ2v) is 7.79. The van der Waals surface area contributed by atoms with Crippen LogP contribution in [-0.4, -0.2) is 37.8 Å². The van der Waals surface area contributed by atoms with Gasteiger partial charge in [0.25, 0.3) is 11.8 Å². The summed E-state index contributed by atoms with van der Waals surface area (Å²) >= 11 is 3.39. The molecular formula is C23H23BrFN3O4. The Morgan fingerprint density at radius 2 is 2.03 bits per heavy atom. The summed E-state index contributed by atoms with van der Waals surface area (Å²) in [5.74, 6) is 1.10. The average molecular weight is 504 g/mol. The van der Waals surface area contributed by atoms with Gasteiger partial charge in [0.2, 0.25) is 0 Å². The van der Waals surface area contributed by atoms with Crippen molar-refractivity contribution in [2.75, 3.05) is 13.7 Å². The maximum atomic E-state index is 13.9. The molecule has 2 amide bonds. The Bertz CT molecular complexity index is 1050. The third kappa shape index (κ3) is 6.56. The van der Waals surface area contributed by atoms with E-state index in [4.69, 9.17) is 15.9 Å². The first-order chi connectivity index (χ1) is 15.3. The van der Waals surface area contributed by atoms with Crippen LogP contribution in [0.15, 0.2) is 46.0 Å². The van der Waals surface area contributed by atoms with Gasteiger partial charge in [-0.25, -0.2) is 9.82 Å². The molecule has 2 aromatic rings. The number of hydrazone groups is 1. The summed E-state index contributed by atoms with van der Waals surface area (Å²) in [5.41, 5.74) is 2.87. The monoisotopic (exact) mass is 503 g/mol. The van der Waals surface area contributed by atoms with Crippen LogP contribution >= 0.6 is 15.9 Å². The number of halogens is 2. The smallest absolute Gasteiger partial charge is 0.262 e. The van der Waals surface area contributed by atoms with Crippen LogP contribution in [0.5, 0.6) is 11.5 Å². The molecule has 0 aromatic heterocycles. The van der Waals surface area contributed by atoms with Crippen molar-refractivity contribution in [3.63, 3.8) is 0 Å². The lowest BCUT2D eigenvalue weighted by molar-refractivity contribution is -0.123. The van der Waals surface area contributed by atoms with Crippen LogP contribution in [0, 0.1) is 24.1 Å². The Labute approximate surface area is 194 Å². The molecule has 2 rings (SSSR count). The molecule has 168 valence electrons. The van der Waals surface area contributed by atoms with Crippen molar-refractivity contribution in [2.45, 2.75) is 19.9 Å². The van der Waals surface area contributed by atoms with Gasteiger partial charge in [0.1, 0.15) is 18.5 Å². The Kier molecular flexibility index (Phi) is 9.22. The summed E-state index contributed by atoms with van der Waals surface area (Å²) < 4.78 is 25.2. The lowest BCUT2D eigenvalue weighted by atomic mass is 10.0. The van der Waals surface area contributed by atoms with Gasteiger partial charge in [-0.1, -0.05) is 31.9 Å². The highest BCUT2D eigenvalue weighted by Crippen LogP contribution is 2.36. The minimum absolute atomic E-state index is 0.0770. The van der Waals surface area contributed by atoms with E-state index in [1.165, 1.54) is 31.5 Å². The van der Waals surface area contributed by atoms with Gasteiger partial charge < -0.3 is 14.8 Å². The maximum Gasteiger partial charge on any atom is 0.262 e. The summed E-state index contributed by atoms with van der Waals surface area (Å²) in [6.07, 6.45) is 6.63. The minimum Gasteiger partial charge on any atom is -0.493 e. The molecule has 0 aliphatic heterocycles. The van der Waals surface area contributed by atoms with E-state index in [1.54, 1.807) is 32.0 Å². The third-order valence-corrected chi connectivity index (χ3v) is 4.88. The zero-order valence-electron chi connectivity index (χ0n) is 17.8. The summed E-state index contributed by atoms with van der Waals surface area (Å²) in [7, 11) is 1.48. The summed E-state index contributed by atoms with van der Waals surface area (Å²) in [6, 6.07) is 8.01. The molecule has 2 N–H and O–H groups in total. The van der Waals surface area contributed by atoms with Crippen LogP contribution < -0.4 is 20.2 Å². The normalized spacial score (nSPS) is 11.7. The van der Waals surface area contributed by atoms with Crippen LogP contribution in [0.3, 0.4) is 0 Å². The number of ether oxygens (including phenoxy) is 2. The van der Waals surface area contributed by atoms with Crippen LogP contribution in [-0.2, 0) is 4.79 Å². The molecule has 0 radical (unpaired) electrons. The number of carbonyl (C=O) groups excluding carboxylic acids is 2. The van der Waals surface area contributed by atoms with Gasteiger partial charge in [-0.3, -0.25) is 9.59 Å². The Balaban J connectivity index is 2.10. The second kappa shape index (κ2) is 11.9. The number of hydrogen-bond donors (Lipinski definition) is 2. The zero-order valence-corrected chi connectivity index (χ0v) is 19.4. The van der Waals surface area contributed by atoms with E-state index in [0.29, 0.717) is 21.5 Å². The number of carbonyl (C=O) groups is 2. The van der Waals surface area contributed by atoms with Crippen molar-refractivity contribution >= 4 is 34.0 Å². The summed E-state index contributed by atoms with van der Waals surface area (Å²) in [6.45, 7) is 3.59. The quantitative estimate of drug-likeness (QED) is 0.311. The van der Waals surface area contributed by atoms with E-state index < -0.39 is 23.7 Å². The SMILES string of the molecule is C#CCOc1c(Br)cc(/C=N/NC(=O)C(NC(=O)c2ccccc2F)C(C)C)cc1OC. The van der Waals surface area contributed by atoms with Crippen molar-refractivity contribution in [1.29, 1.82) is 0 Å². The Morgan fingerprint density at radius 3 is 2.66 bits per heavy atom. The number of amides is 2. The zero-order chi connectivity index (χ0) is 23.7. The molecule has 7 nitrogen and oxygen atoms in total. The second-order valence-electron chi connectivity index (χ2n) is 6.94. The number of hydrogen-bond acceptors (Lipinski definition) is 5. The molecule has 0 fully saturated rings. The van der Waals surface area contributed by atoms with E-state index in [1.807, 2.05) is 0 Å². The first-order valence-corrected chi connectivity index (χ1v) is 10.4. The molecule has 1 atom stereocenters. The van der Waals surface area contributed by atoms with Gasteiger partial charge in [-0.2, -0.15) is 5.10 Å². The molecule has 0 bridgehead atoms. The molecular weight excluding hydrogens is 481 g/mol. The molecule has 0 aliphatic carbocycles. The van der Waals surface area contributed by atoms with Gasteiger partial charge in [-0.05, 0) is 51.7 Å². The van der Waals surface area contributed by atoms with Gasteiger partial charge in [0, 0.05) is 0 Å². The molecule has 0 heterocycles. The molecule has 32 heavy (non-hydrogen) atoms. The number of nitrogens with zero attached hydrogens (tertiary/aromatic N) is 1. The fourth-order valence-corrected chi connectivity index (χ4v) is 3.28. The first-order valence-electron chi connectivity index (χ1n) is 9.60. The highest BCUT2D eigenvalue weighted by atomic mass is 79.9. The van der Waals surface area contributed by atoms with Crippen LogP contribution in [0.25, 0.3) is 0 Å². The van der Waals surface area contributed by atoms with Crippen molar-refractivity contribution in [2.24, 2.45) is 11.0 Å². The number of benzene rings is 2. The van der Waals surface area contributed by atoms with Crippen molar-refractivity contribution in [3.05, 3.63) is 57.8 Å². The fourth-order valence-electron chi connectivity index (χ4n) is 2.71. The topological polar surface area (TPSA) is 89.0 Å². The van der Waals surface area contributed by atoms with E-state index in [9.17, 15) is 14.0 Å². The lowest BCUT2D eigenvalue weighted by Gasteiger charge is -2.20. The minimum atomic E-state index is -0.917. The first kappa shape index (κ1) is 24.9. The third-order valence-electron chi connectivity index (χ3n) is 4.29. The van der Waals surface area contributed by atoms with Crippen molar-refractivity contribution in [3.8, 4) is 23.8 Å². The number of terminal acetylenes is 1. The van der Waals surface area contributed by atoms with Gasteiger partial charge in [-0.15, -0.1) is 6.42 Å². The molecule has 2 aromatic carbocycles. The van der Waals surface area contributed by atoms with Crippen LogP contribution in [0.2, 0.25) is 0 Å². The van der Waals surface area contributed by atoms with E-state index >= 15 is 0 Å². The highest BCUT2D eigenvalue weighted by Gasteiger charge is 2.25. The lowest BCUT2D eigenvalue weighted by Crippen LogP contribution is -2.48. The van der Waals surface area contributed by atoms with E-state index in [2.05, 4.69) is 37.7 Å². The number of nitrogens with one attached hydrogen (secondary N) is 2. The van der Waals surface area contributed by atoms with Gasteiger partial charge >= 0.3 is 0 Å². The Hall–Kier alpha value is -3.38. The standard InChI is InChI=1S/C23H23BrFN3O4/c1-5-10-32-21-17(24)11-15(12-19(21)31-4)13-26-28-23(30)20(14(2)3)27-22(29)16-8-6-7-9-18(16)25/h1,6-9,11-14,20H,10H2,2-4H3,(H,27,29)(H,28,30)/b26-13+. The maximum absolute atomic E-state index is 13.9. The van der Waals surface area contributed by atoms with Gasteiger partial charge in [0.05, 0.1) is 23.4 Å². The fraction of sp³-hybridized carbons (Fsp3) is 0.261. The van der Waals surface area contributed by atoms with Crippen molar-refractivity contribution < 1.29 is 23.5 Å². The van der Waals surface area contributed by atoms with Crippen LogP contribution in [0.1, 0.15) is 29.8 Å². The van der Waals surface area contributed by atoms with Gasteiger partial charge in [0.15, 0.2) is 11.5 Å². The highest BCUT2D eigenvalue weighted by molar-refractivity contribution is 9.10. The molecule has 0 aliphatic rings.